The topological polar surface area (TPSA) is 87.0 Å². The second kappa shape index (κ2) is 8.34. The number of nitrogens with zero attached hydrogens (tertiary/aromatic N) is 4. The van der Waals surface area contributed by atoms with Crippen LogP contribution in [0.25, 0.3) is 21.7 Å². The number of aryl methyl sites for hydroxylation is 2. The lowest BCUT2D eigenvalue weighted by Crippen LogP contribution is -2.24. The van der Waals surface area contributed by atoms with Crippen molar-refractivity contribution < 1.29 is 8.94 Å². The predicted octanol–water partition coefficient (Wildman–Crippen LogP) is 5.38. The first kappa shape index (κ1) is 20.0. The molecular formula is C22H18N4O3S3. The summed E-state index contributed by atoms with van der Waals surface area (Å²) in [5, 5.41) is 9.46. The quantitative estimate of drug-likeness (QED) is 0.237. The third kappa shape index (κ3) is 3.62. The largest absolute Gasteiger partial charge is 0.467 e. The van der Waals surface area contributed by atoms with Crippen LogP contribution in [-0.4, -0.2) is 19.7 Å². The number of fused-ring (bicyclic) bond motifs is 3. The number of aromatic nitrogens is 4. The number of hydrogen-bond acceptors (Lipinski definition) is 9. The van der Waals surface area contributed by atoms with Crippen LogP contribution in [0.2, 0.25) is 0 Å². The van der Waals surface area contributed by atoms with Gasteiger partial charge in [0.2, 0.25) is 0 Å². The maximum atomic E-state index is 13.6. The van der Waals surface area contributed by atoms with Crippen molar-refractivity contribution in [2.45, 2.75) is 43.1 Å². The van der Waals surface area contributed by atoms with Crippen LogP contribution < -0.4 is 5.56 Å². The van der Waals surface area contributed by atoms with Gasteiger partial charge in [-0.25, -0.2) is 4.98 Å². The average Bonchev–Trinajstić information content (AvgIpc) is 3.60. The van der Waals surface area contributed by atoms with Crippen molar-refractivity contribution in [1.29, 1.82) is 0 Å². The van der Waals surface area contributed by atoms with Crippen LogP contribution in [0, 0.1) is 0 Å². The van der Waals surface area contributed by atoms with Crippen molar-refractivity contribution in [1.82, 2.24) is 19.7 Å². The number of rotatable bonds is 6. The van der Waals surface area contributed by atoms with Crippen LogP contribution >= 0.6 is 34.4 Å². The summed E-state index contributed by atoms with van der Waals surface area (Å²) in [4.78, 5) is 25.1. The highest BCUT2D eigenvalue weighted by molar-refractivity contribution is 7.98. The lowest BCUT2D eigenvalue weighted by Gasteiger charge is -2.12. The van der Waals surface area contributed by atoms with Gasteiger partial charge in [0.1, 0.15) is 10.6 Å². The SMILES string of the molecule is O=c1c2c3c(sc2nc(SCc2noc(-c4ccsc4)n2)n1Cc1ccco1)CCCC3. The maximum absolute atomic E-state index is 13.6. The summed E-state index contributed by atoms with van der Waals surface area (Å²) in [7, 11) is 0. The molecule has 1 aliphatic carbocycles. The van der Waals surface area contributed by atoms with E-state index in [1.54, 1.807) is 33.5 Å². The number of thiophene rings is 2. The Morgan fingerprint density at radius 2 is 2.12 bits per heavy atom. The van der Waals surface area contributed by atoms with Gasteiger partial charge in [0.15, 0.2) is 11.0 Å². The van der Waals surface area contributed by atoms with Crippen molar-refractivity contribution in [2.24, 2.45) is 0 Å². The monoisotopic (exact) mass is 482 g/mol. The molecule has 0 aromatic carbocycles. The predicted molar refractivity (Wildman–Crippen MR) is 126 cm³/mol. The zero-order chi connectivity index (χ0) is 21.5. The summed E-state index contributed by atoms with van der Waals surface area (Å²) >= 11 is 4.68. The van der Waals surface area contributed by atoms with Gasteiger partial charge in [-0.3, -0.25) is 9.36 Å². The van der Waals surface area contributed by atoms with E-state index in [0.29, 0.717) is 29.2 Å². The molecule has 5 aromatic heterocycles. The molecule has 7 nitrogen and oxygen atoms in total. The van der Waals surface area contributed by atoms with E-state index in [9.17, 15) is 4.79 Å². The summed E-state index contributed by atoms with van der Waals surface area (Å²) in [5.41, 5.74) is 2.11. The molecule has 0 saturated heterocycles. The average molecular weight is 483 g/mol. The van der Waals surface area contributed by atoms with Crippen LogP contribution in [0.5, 0.6) is 0 Å². The number of thioether (sulfide) groups is 1. The molecule has 6 rings (SSSR count). The first-order valence-electron chi connectivity index (χ1n) is 10.3. The molecule has 0 saturated carbocycles. The molecule has 32 heavy (non-hydrogen) atoms. The lowest BCUT2D eigenvalue weighted by atomic mass is 9.97. The Kier molecular flexibility index (Phi) is 5.20. The van der Waals surface area contributed by atoms with Crippen LogP contribution in [0.4, 0.5) is 0 Å². The fourth-order valence-electron chi connectivity index (χ4n) is 3.97. The number of hydrogen-bond donors (Lipinski definition) is 0. The zero-order valence-corrected chi connectivity index (χ0v) is 19.4. The molecular weight excluding hydrogens is 464 g/mol. The van der Waals surface area contributed by atoms with E-state index in [4.69, 9.17) is 13.9 Å². The summed E-state index contributed by atoms with van der Waals surface area (Å²) in [6.07, 6.45) is 5.90. The Labute approximate surface area is 195 Å². The second-order valence-corrected chi connectivity index (χ2v) is 10.4. The molecule has 0 amide bonds. The molecule has 0 atom stereocenters. The van der Waals surface area contributed by atoms with Crippen LogP contribution in [-0.2, 0) is 25.1 Å². The molecule has 162 valence electrons. The highest BCUT2D eigenvalue weighted by Crippen LogP contribution is 2.35. The van der Waals surface area contributed by atoms with E-state index < -0.39 is 0 Å². The van der Waals surface area contributed by atoms with Gasteiger partial charge >= 0.3 is 0 Å². The van der Waals surface area contributed by atoms with E-state index in [-0.39, 0.29) is 5.56 Å². The zero-order valence-electron chi connectivity index (χ0n) is 16.9. The van der Waals surface area contributed by atoms with Gasteiger partial charge in [0.05, 0.1) is 29.5 Å². The second-order valence-electron chi connectivity index (χ2n) is 7.57. The summed E-state index contributed by atoms with van der Waals surface area (Å²) in [6.45, 7) is 0.341. The summed E-state index contributed by atoms with van der Waals surface area (Å²) in [6, 6.07) is 5.65. The molecule has 0 fully saturated rings. The van der Waals surface area contributed by atoms with Crippen LogP contribution in [0.15, 0.2) is 54.1 Å². The highest BCUT2D eigenvalue weighted by Gasteiger charge is 2.23. The Morgan fingerprint density at radius 3 is 2.97 bits per heavy atom. The van der Waals surface area contributed by atoms with E-state index in [2.05, 4.69) is 10.1 Å². The molecule has 5 heterocycles. The van der Waals surface area contributed by atoms with Gasteiger partial charge in [0.25, 0.3) is 11.4 Å². The minimum Gasteiger partial charge on any atom is -0.467 e. The molecule has 0 radical (unpaired) electrons. The Balaban J connectivity index is 1.37. The minimum atomic E-state index is 0.000346. The Morgan fingerprint density at radius 1 is 1.19 bits per heavy atom. The molecule has 0 aliphatic heterocycles. The van der Waals surface area contributed by atoms with E-state index >= 15 is 0 Å². The van der Waals surface area contributed by atoms with E-state index in [1.165, 1.54) is 28.6 Å². The summed E-state index contributed by atoms with van der Waals surface area (Å²) < 4.78 is 12.6. The smallest absolute Gasteiger partial charge is 0.263 e. The normalized spacial score (nSPS) is 13.6. The Bertz CT molecular complexity index is 1430. The fraction of sp³-hybridized carbons (Fsp3) is 0.273. The standard InChI is InChI=1S/C22H18N4O3S3/c27-21-18-15-5-1-2-6-16(15)32-20(18)24-22(26(21)10-14-4-3-8-28-14)31-12-17-23-19(29-25-17)13-7-9-30-11-13/h3-4,7-9,11H,1-2,5-6,10,12H2. The molecule has 0 spiro atoms. The van der Waals surface area contributed by atoms with Gasteiger partial charge in [-0.2, -0.15) is 16.3 Å². The molecule has 0 unspecified atom stereocenters. The first-order chi connectivity index (χ1) is 15.8. The molecule has 1 aliphatic rings. The van der Waals surface area contributed by atoms with E-state index in [0.717, 1.165) is 40.8 Å². The lowest BCUT2D eigenvalue weighted by molar-refractivity contribution is 0.425. The van der Waals surface area contributed by atoms with Crippen molar-refractivity contribution in [2.75, 3.05) is 0 Å². The van der Waals surface area contributed by atoms with Crippen molar-refractivity contribution in [3.63, 3.8) is 0 Å². The molecule has 0 bridgehead atoms. The van der Waals surface area contributed by atoms with Crippen molar-refractivity contribution in [3.8, 4) is 11.5 Å². The van der Waals surface area contributed by atoms with Gasteiger partial charge in [-0.05, 0) is 54.8 Å². The van der Waals surface area contributed by atoms with Crippen LogP contribution in [0.1, 0.15) is 34.9 Å². The first-order valence-corrected chi connectivity index (χ1v) is 13.1. The van der Waals surface area contributed by atoms with E-state index in [1.807, 2.05) is 29.0 Å². The minimum absolute atomic E-state index is 0.000346. The molecule has 5 aromatic rings. The van der Waals surface area contributed by atoms with Crippen molar-refractivity contribution >= 4 is 44.7 Å². The highest BCUT2D eigenvalue weighted by atomic mass is 32.2. The van der Waals surface area contributed by atoms with Gasteiger partial charge < -0.3 is 8.94 Å². The van der Waals surface area contributed by atoms with Gasteiger partial charge in [-0.1, -0.05) is 16.9 Å². The fourth-order valence-corrected chi connectivity index (χ4v) is 6.75. The third-order valence-corrected chi connectivity index (χ3v) is 8.34. The van der Waals surface area contributed by atoms with Crippen LogP contribution in [0.3, 0.4) is 0 Å². The molecule has 10 heteroatoms. The van der Waals surface area contributed by atoms with Gasteiger partial charge in [-0.15, -0.1) is 11.3 Å². The maximum Gasteiger partial charge on any atom is 0.263 e. The van der Waals surface area contributed by atoms with Gasteiger partial charge in [0, 0.05) is 10.3 Å². The third-order valence-electron chi connectivity index (χ3n) is 5.50. The number of furan rings is 1. The Hall–Kier alpha value is -2.69. The molecule has 0 N–H and O–H groups in total. The van der Waals surface area contributed by atoms with Crippen molar-refractivity contribution in [3.05, 3.63) is 67.6 Å². The summed E-state index contributed by atoms with van der Waals surface area (Å²) in [5.74, 6) is 2.25.